The Labute approximate surface area is 65.5 Å². The third-order valence-electron chi connectivity index (χ3n) is 1.22. The molecule has 0 bridgehead atoms. The molecule has 0 aromatic rings. The first-order valence-electron chi connectivity index (χ1n) is 3.35. The predicted molar refractivity (Wildman–Crippen MR) is 38.3 cm³/mol. The van der Waals surface area contributed by atoms with E-state index in [0.29, 0.717) is 19.2 Å². The number of carbonyl (C=O) groups excluding carboxylic acids is 2. The number of carbonyl (C=O) groups is 2. The molecule has 0 saturated carbocycles. The van der Waals surface area contributed by atoms with Crippen molar-refractivity contribution in [2.24, 2.45) is 0 Å². The van der Waals surface area contributed by atoms with Gasteiger partial charge in [-0.25, -0.2) is 0 Å². The van der Waals surface area contributed by atoms with Gasteiger partial charge in [0.15, 0.2) is 12.6 Å². The third-order valence-corrected chi connectivity index (χ3v) is 1.22. The van der Waals surface area contributed by atoms with E-state index >= 15 is 0 Å². The van der Waals surface area contributed by atoms with Crippen molar-refractivity contribution in [1.82, 2.24) is 0 Å². The largest absolute Gasteiger partial charge is 0.371 e. The van der Waals surface area contributed by atoms with E-state index in [1.54, 1.807) is 6.92 Å². The van der Waals surface area contributed by atoms with Crippen molar-refractivity contribution in [3.05, 3.63) is 0 Å². The molecule has 0 fully saturated rings. The van der Waals surface area contributed by atoms with Gasteiger partial charge in [0.25, 0.3) is 0 Å². The normalized spacial score (nSPS) is 15.5. The lowest BCUT2D eigenvalue weighted by Gasteiger charge is -2.15. The van der Waals surface area contributed by atoms with Crippen LogP contribution in [0.4, 0.5) is 0 Å². The molecule has 0 amide bonds. The number of aldehydes is 2. The van der Waals surface area contributed by atoms with Crippen molar-refractivity contribution in [3.8, 4) is 0 Å². The minimum atomic E-state index is -0.785. The number of hydrogen-bond donors (Lipinski definition) is 0. The molecule has 4 heteroatoms. The average Bonchev–Trinajstić information content (AvgIpc) is 2.05. The molecule has 0 spiro atoms. The lowest BCUT2D eigenvalue weighted by molar-refractivity contribution is -0.136. The van der Waals surface area contributed by atoms with Crippen LogP contribution in [0.25, 0.3) is 0 Å². The molecule has 2 atom stereocenters. The van der Waals surface area contributed by atoms with Crippen LogP contribution in [-0.4, -0.2) is 38.5 Å². The molecule has 0 rings (SSSR count). The van der Waals surface area contributed by atoms with Crippen LogP contribution in [0.3, 0.4) is 0 Å². The molecule has 0 aliphatic rings. The van der Waals surface area contributed by atoms with Gasteiger partial charge < -0.3 is 19.1 Å². The quantitative estimate of drug-likeness (QED) is 0.505. The topological polar surface area (TPSA) is 52.6 Å². The van der Waals surface area contributed by atoms with Crippen LogP contribution < -0.4 is 0 Å². The summed E-state index contributed by atoms with van der Waals surface area (Å²) in [6, 6.07) is 0. The van der Waals surface area contributed by atoms with Gasteiger partial charge in [-0.2, -0.15) is 0 Å². The van der Waals surface area contributed by atoms with Crippen LogP contribution in [0.15, 0.2) is 0 Å². The molecular weight excluding hydrogens is 148 g/mol. The van der Waals surface area contributed by atoms with Gasteiger partial charge in [0.2, 0.25) is 0 Å². The first-order valence-corrected chi connectivity index (χ1v) is 3.35. The molecule has 2 unspecified atom stereocenters. The highest BCUT2D eigenvalue weighted by atomic mass is 16.5. The van der Waals surface area contributed by atoms with E-state index in [1.807, 2.05) is 0 Å². The van der Waals surface area contributed by atoms with Gasteiger partial charge in [-0.05, 0) is 6.92 Å². The summed E-state index contributed by atoms with van der Waals surface area (Å²) >= 11 is 0. The predicted octanol–water partition coefficient (Wildman–Crippen LogP) is -0.196. The highest BCUT2D eigenvalue weighted by Gasteiger charge is 2.19. The Hall–Kier alpha value is -0.740. The average molecular weight is 160 g/mol. The maximum Gasteiger partial charge on any atom is 0.151 e. The Morgan fingerprint density at radius 3 is 2.09 bits per heavy atom. The Kier molecular flexibility index (Phi) is 5.60. The molecule has 4 nitrogen and oxygen atoms in total. The fourth-order valence-corrected chi connectivity index (χ4v) is 0.671. The molecule has 0 radical (unpaired) electrons. The molecule has 64 valence electrons. The van der Waals surface area contributed by atoms with Crippen LogP contribution in [0.5, 0.6) is 0 Å². The van der Waals surface area contributed by atoms with Crippen molar-refractivity contribution in [2.75, 3.05) is 13.7 Å². The summed E-state index contributed by atoms with van der Waals surface area (Å²) in [5.74, 6) is 0. The van der Waals surface area contributed by atoms with E-state index in [9.17, 15) is 9.59 Å². The van der Waals surface area contributed by atoms with Crippen molar-refractivity contribution >= 4 is 12.6 Å². The second kappa shape index (κ2) is 6.00. The van der Waals surface area contributed by atoms with Crippen LogP contribution in [0.1, 0.15) is 6.92 Å². The molecule has 0 aliphatic heterocycles. The summed E-state index contributed by atoms with van der Waals surface area (Å²) in [6.45, 7) is 2.13. The lowest BCUT2D eigenvalue weighted by Crippen LogP contribution is -2.33. The number of rotatable bonds is 6. The molecule has 0 aromatic carbocycles. The summed E-state index contributed by atoms with van der Waals surface area (Å²) in [6.07, 6.45) is -0.448. The molecule has 0 heterocycles. The van der Waals surface area contributed by atoms with E-state index in [-0.39, 0.29) is 0 Å². The number of ether oxygens (including phenoxy) is 2. The van der Waals surface area contributed by atoms with Crippen LogP contribution in [-0.2, 0) is 19.1 Å². The van der Waals surface area contributed by atoms with E-state index < -0.39 is 12.2 Å². The lowest BCUT2D eigenvalue weighted by atomic mass is 10.2. The molecular formula is C7H12O4. The second-order valence-corrected chi connectivity index (χ2v) is 1.89. The molecule has 0 N–H and O–H groups in total. The summed E-state index contributed by atoms with van der Waals surface area (Å²) < 4.78 is 9.59. The van der Waals surface area contributed by atoms with Crippen molar-refractivity contribution in [1.29, 1.82) is 0 Å². The molecule has 0 saturated heterocycles. The standard InChI is InChI=1S/C7H12O4/c1-3-11-7(5-9)6(4-8)10-2/h4-7H,3H2,1-2H3. The van der Waals surface area contributed by atoms with Gasteiger partial charge in [-0.15, -0.1) is 0 Å². The summed E-state index contributed by atoms with van der Waals surface area (Å²) in [5, 5.41) is 0. The first-order chi connectivity index (χ1) is 5.29. The highest BCUT2D eigenvalue weighted by molar-refractivity contribution is 5.68. The van der Waals surface area contributed by atoms with E-state index in [0.717, 1.165) is 0 Å². The zero-order valence-electron chi connectivity index (χ0n) is 6.65. The van der Waals surface area contributed by atoms with Crippen molar-refractivity contribution in [2.45, 2.75) is 19.1 Å². The highest BCUT2D eigenvalue weighted by Crippen LogP contribution is 1.97. The van der Waals surface area contributed by atoms with Crippen molar-refractivity contribution < 1.29 is 19.1 Å². The van der Waals surface area contributed by atoms with Gasteiger partial charge >= 0.3 is 0 Å². The summed E-state index contributed by atoms with van der Waals surface area (Å²) in [5.41, 5.74) is 0. The molecule has 11 heavy (non-hydrogen) atoms. The minimum absolute atomic E-state index is 0.386. The fourth-order valence-electron chi connectivity index (χ4n) is 0.671. The fraction of sp³-hybridized carbons (Fsp3) is 0.714. The Balaban J connectivity index is 3.96. The SMILES string of the molecule is CCOC(C=O)C(C=O)OC. The van der Waals surface area contributed by atoms with Crippen molar-refractivity contribution in [3.63, 3.8) is 0 Å². The minimum Gasteiger partial charge on any atom is -0.371 e. The van der Waals surface area contributed by atoms with Gasteiger partial charge in [-0.1, -0.05) is 0 Å². The second-order valence-electron chi connectivity index (χ2n) is 1.89. The maximum absolute atomic E-state index is 10.3. The maximum atomic E-state index is 10.3. The van der Waals surface area contributed by atoms with Crippen LogP contribution in [0.2, 0.25) is 0 Å². The number of methoxy groups -OCH3 is 1. The zero-order valence-corrected chi connectivity index (χ0v) is 6.65. The summed E-state index contributed by atoms with van der Waals surface area (Å²) in [7, 11) is 1.36. The van der Waals surface area contributed by atoms with E-state index in [4.69, 9.17) is 4.74 Å². The zero-order chi connectivity index (χ0) is 8.69. The van der Waals surface area contributed by atoms with Crippen LogP contribution in [0, 0.1) is 0 Å². The number of hydrogen-bond acceptors (Lipinski definition) is 4. The monoisotopic (exact) mass is 160 g/mol. The molecule has 0 aromatic heterocycles. The van der Waals surface area contributed by atoms with Gasteiger partial charge in [-0.3, -0.25) is 0 Å². The third kappa shape index (κ3) is 3.25. The summed E-state index contributed by atoms with van der Waals surface area (Å²) in [4.78, 5) is 20.5. The van der Waals surface area contributed by atoms with E-state index in [1.165, 1.54) is 7.11 Å². The Morgan fingerprint density at radius 1 is 1.27 bits per heavy atom. The molecule has 0 aliphatic carbocycles. The first kappa shape index (κ1) is 10.3. The smallest absolute Gasteiger partial charge is 0.151 e. The Bertz CT molecular complexity index is 124. The Morgan fingerprint density at radius 2 is 1.82 bits per heavy atom. The van der Waals surface area contributed by atoms with Gasteiger partial charge in [0.1, 0.15) is 12.2 Å². The van der Waals surface area contributed by atoms with Gasteiger partial charge in [0.05, 0.1) is 0 Å². The van der Waals surface area contributed by atoms with Gasteiger partial charge in [0, 0.05) is 13.7 Å². The van der Waals surface area contributed by atoms with E-state index in [2.05, 4.69) is 4.74 Å². The van der Waals surface area contributed by atoms with Crippen LogP contribution >= 0.6 is 0 Å².